The molecule has 1 aromatic rings. The van der Waals surface area contributed by atoms with E-state index in [1.165, 1.54) is 0 Å². The van der Waals surface area contributed by atoms with Crippen LogP contribution in [0.25, 0.3) is 0 Å². The second-order valence-electron chi connectivity index (χ2n) is 6.24. The van der Waals surface area contributed by atoms with E-state index in [1.807, 2.05) is 0 Å². The molecule has 0 unspecified atom stereocenters. The molecule has 2 fully saturated rings. The van der Waals surface area contributed by atoms with Gasteiger partial charge in [0.05, 0.1) is 19.8 Å². The van der Waals surface area contributed by atoms with Crippen LogP contribution in [0, 0.1) is 6.92 Å². The van der Waals surface area contributed by atoms with Crippen LogP contribution in [-0.2, 0) is 9.47 Å². The molecular weight excluding hydrogens is 338 g/mol. The third-order valence-electron chi connectivity index (χ3n) is 4.47. The summed E-state index contributed by atoms with van der Waals surface area (Å²) in [6, 6.07) is 1.75. The molecule has 26 heavy (non-hydrogen) atoms. The largest absolute Gasteiger partial charge is 0.450 e. The van der Waals surface area contributed by atoms with Gasteiger partial charge in [-0.3, -0.25) is 4.79 Å². The van der Waals surface area contributed by atoms with Gasteiger partial charge in [0.1, 0.15) is 17.3 Å². The first kappa shape index (κ1) is 18.4. The summed E-state index contributed by atoms with van der Waals surface area (Å²) < 4.78 is 10.4. The number of amides is 2. The average Bonchev–Trinajstić information content (AvgIpc) is 2.68. The van der Waals surface area contributed by atoms with Gasteiger partial charge in [-0.05, 0) is 13.8 Å². The Kier molecular flexibility index (Phi) is 5.87. The van der Waals surface area contributed by atoms with E-state index in [-0.39, 0.29) is 12.0 Å². The van der Waals surface area contributed by atoms with Crippen LogP contribution in [0.1, 0.15) is 23.2 Å². The summed E-state index contributed by atoms with van der Waals surface area (Å²) in [4.78, 5) is 38.9. The minimum atomic E-state index is -0.327. The van der Waals surface area contributed by atoms with Gasteiger partial charge in [0.25, 0.3) is 5.91 Å². The Morgan fingerprint density at radius 3 is 2.38 bits per heavy atom. The van der Waals surface area contributed by atoms with Crippen LogP contribution in [-0.4, -0.2) is 90.9 Å². The molecule has 0 atom stereocenters. The van der Waals surface area contributed by atoms with E-state index >= 15 is 0 Å². The first-order valence-electron chi connectivity index (χ1n) is 8.98. The first-order chi connectivity index (χ1) is 12.6. The summed E-state index contributed by atoms with van der Waals surface area (Å²) in [5.41, 5.74) is 0.392. The van der Waals surface area contributed by atoms with E-state index in [9.17, 15) is 9.59 Å². The van der Waals surface area contributed by atoms with E-state index in [0.717, 1.165) is 18.9 Å². The Balaban J connectivity index is 1.66. The smallest absolute Gasteiger partial charge is 0.409 e. The molecule has 2 aliphatic heterocycles. The third-order valence-corrected chi connectivity index (χ3v) is 4.47. The highest BCUT2D eigenvalue weighted by atomic mass is 16.6. The van der Waals surface area contributed by atoms with E-state index in [4.69, 9.17) is 9.47 Å². The molecule has 3 rings (SSSR count). The Bertz CT molecular complexity index is 655. The zero-order valence-electron chi connectivity index (χ0n) is 15.3. The molecule has 9 heteroatoms. The van der Waals surface area contributed by atoms with Crippen molar-refractivity contribution in [2.24, 2.45) is 0 Å². The highest BCUT2D eigenvalue weighted by Gasteiger charge is 2.27. The number of aryl methyl sites for hydroxylation is 1. The number of aromatic nitrogens is 2. The SMILES string of the molecule is CCOC(=O)N1CCN(C(=O)c2cc(N3CCOCC3)nc(C)n2)CC1. The Morgan fingerprint density at radius 2 is 1.73 bits per heavy atom. The van der Waals surface area contributed by atoms with Crippen LogP contribution in [0.2, 0.25) is 0 Å². The number of nitrogens with zero attached hydrogens (tertiary/aromatic N) is 5. The molecule has 0 spiro atoms. The summed E-state index contributed by atoms with van der Waals surface area (Å²) in [6.45, 7) is 8.59. The van der Waals surface area contributed by atoms with Crippen LogP contribution in [0.4, 0.5) is 10.6 Å². The van der Waals surface area contributed by atoms with Gasteiger partial charge in [-0.25, -0.2) is 14.8 Å². The number of ether oxygens (including phenoxy) is 2. The fourth-order valence-electron chi connectivity index (χ4n) is 3.08. The second kappa shape index (κ2) is 8.31. The maximum atomic E-state index is 12.8. The maximum absolute atomic E-state index is 12.8. The lowest BCUT2D eigenvalue weighted by molar-refractivity contribution is 0.0565. The molecule has 142 valence electrons. The van der Waals surface area contributed by atoms with Crippen molar-refractivity contribution in [2.45, 2.75) is 13.8 Å². The van der Waals surface area contributed by atoms with Crippen molar-refractivity contribution in [1.82, 2.24) is 19.8 Å². The van der Waals surface area contributed by atoms with Crippen molar-refractivity contribution < 1.29 is 19.1 Å². The normalized spacial score (nSPS) is 18.0. The summed E-state index contributed by atoms with van der Waals surface area (Å²) >= 11 is 0. The van der Waals surface area contributed by atoms with Crippen LogP contribution < -0.4 is 4.90 Å². The number of carbonyl (C=O) groups excluding carboxylic acids is 2. The predicted molar refractivity (Wildman–Crippen MR) is 94.3 cm³/mol. The number of carbonyl (C=O) groups is 2. The topological polar surface area (TPSA) is 88.1 Å². The number of anilines is 1. The van der Waals surface area contributed by atoms with Crippen LogP contribution in [0.5, 0.6) is 0 Å². The van der Waals surface area contributed by atoms with Crippen molar-refractivity contribution in [1.29, 1.82) is 0 Å². The molecule has 2 aliphatic rings. The monoisotopic (exact) mass is 363 g/mol. The summed E-state index contributed by atoms with van der Waals surface area (Å²) in [7, 11) is 0. The zero-order valence-corrected chi connectivity index (χ0v) is 15.3. The minimum Gasteiger partial charge on any atom is -0.450 e. The van der Waals surface area contributed by atoms with Crippen molar-refractivity contribution in [3.05, 3.63) is 17.6 Å². The third kappa shape index (κ3) is 4.21. The molecule has 3 heterocycles. The Labute approximate surface area is 152 Å². The molecule has 0 radical (unpaired) electrons. The van der Waals surface area contributed by atoms with Crippen molar-refractivity contribution in [3.8, 4) is 0 Å². The number of rotatable bonds is 3. The summed E-state index contributed by atoms with van der Waals surface area (Å²) in [5.74, 6) is 1.20. The fraction of sp³-hybridized carbons (Fsp3) is 0.647. The molecular formula is C17H25N5O4. The summed E-state index contributed by atoms with van der Waals surface area (Å²) in [6.07, 6.45) is -0.327. The number of hydrogen-bond donors (Lipinski definition) is 0. The Morgan fingerprint density at radius 1 is 1.08 bits per heavy atom. The zero-order chi connectivity index (χ0) is 18.5. The lowest BCUT2D eigenvalue weighted by Gasteiger charge is -2.34. The van der Waals surface area contributed by atoms with E-state index in [1.54, 1.807) is 29.7 Å². The molecule has 1 aromatic heterocycles. The standard InChI is InChI=1S/C17H25N5O4/c1-3-26-17(24)22-6-4-21(5-7-22)16(23)14-12-15(19-13(2)18-14)20-8-10-25-11-9-20/h12H,3-11H2,1-2H3. The fourth-order valence-corrected chi connectivity index (χ4v) is 3.08. The minimum absolute atomic E-state index is 0.131. The molecule has 0 saturated carbocycles. The molecule has 0 aliphatic carbocycles. The first-order valence-corrected chi connectivity index (χ1v) is 8.98. The van der Waals surface area contributed by atoms with Crippen molar-refractivity contribution in [2.75, 3.05) is 64.0 Å². The quantitative estimate of drug-likeness (QED) is 0.774. The molecule has 2 saturated heterocycles. The van der Waals surface area contributed by atoms with Gasteiger partial charge in [0, 0.05) is 45.3 Å². The van der Waals surface area contributed by atoms with Gasteiger partial charge in [-0.2, -0.15) is 0 Å². The van der Waals surface area contributed by atoms with Gasteiger partial charge in [0.2, 0.25) is 0 Å². The van der Waals surface area contributed by atoms with Crippen LogP contribution >= 0.6 is 0 Å². The van der Waals surface area contributed by atoms with Gasteiger partial charge < -0.3 is 24.2 Å². The number of hydrogen-bond acceptors (Lipinski definition) is 7. The van der Waals surface area contributed by atoms with E-state index < -0.39 is 0 Å². The van der Waals surface area contributed by atoms with Crippen molar-refractivity contribution >= 4 is 17.8 Å². The van der Waals surface area contributed by atoms with Crippen LogP contribution in [0.15, 0.2) is 6.07 Å². The highest BCUT2D eigenvalue weighted by molar-refractivity contribution is 5.93. The Hall–Kier alpha value is -2.42. The predicted octanol–water partition coefficient (Wildman–Crippen LogP) is 0.536. The second-order valence-corrected chi connectivity index (χ2v) is 6.24. The highest BCUT2D eigenvalue weighted by Crippen LogP contribution is 2.16. The van der Waals surface area contributed by atoms with Gasteiger partial charge in [-0.1, -0.05) is 0 Å². The lowest BCUT2D eigenvalue weighted by atomic mass is 10.2. The number of morpholine rings is 1. The van der Waals surface area contributed by atoms with E-state index in [2.05, 4.69) is 14.9 Å². The summed E-state index contributed by atoms with van der Waals surface area (Å²) in [5, 5.41) is 0. The van der Waals surface area contributed by atoms with Crippen LogP contribution in [0.3, 0.4) is 0 Å². The van der Waals surface area contributed by atoms with Gasteiger partial charge in [0.15, 0.2) is 0 Å². The van der Waals surface area contributed by atoms with Gasteiger partial charge in [-0.15, -0.1) is 0 Å². The lowest BCUT2D eigenvalue weighted by Crippen LogP contribution is -2.51. The molecule has 0 N–H and O–H groups in total. The van der Waals surface area contributed by atoms with Crippen molar-refractivity contribution in [3.63, 3.8) is 0 Å². The average molecular weight is 363 g/mol. The molecule has 0 aromatic carbocycles. The molecule has 2 amide bonds. The molecule has 0 bridgehead atoms. The maximum Gasteiger partial charge on any atom is 0.409 e. The van der Waals surface area contributed by atoms with E-state index in [0.29, 0.717) is 57.5 Å². The molecule has 9 nitrogen and oxygen atoms in total. The van der Waals surface area contributed by atoms with Gasteiger partial charge >= 0.3 is 6.09 Å². The number of piperazine rings is 1.